The summed E-state index contributed by atoms with van der Waals surface area (Å²) in [5.41, 5.74) is 2.57. The minimum atomic E-state index is -0.334. The number of rotatable bonds is 6. The van der Waals surface area contributed by atoms with E-state index in [1.807, 2.05) is 37.3 Å². The summed E-state index contributed by atoms with van der Waals surface area (Å²) in [6.45, 7) is 3.29. The molecule has 8 heteroatoms. The van der Waals surface area contributed by atoms with Gasteiger partial charge in [-0.1, -0.05) is 17.7 Å². The highest BCUT2D eigenvalue weighted by molar-refractivity contribution is 5.89. The average Bonchev–Trinajstić information content (AvgIpc) is 2.77. The molecule has 1 aliphatic heterocycles. The van der Waals surface area contributed by atoms with E-state index in [9.17, 15) is 14.7 Å². The highest BCUT2D eigenvalue weighted by Gasteiger charge is 2.18. The number of aliphatic hydroxyl groups is 1. The summed E-state index contributed by atoms with van der Waals surface area (Å²) < 4.78 is 11.2. The number of carbonyl (C=O) groups excluding carboxylic acids is 1. The number of benzene rings is 2. The number of nitrogens with zero attached hydrogens (tertiary/aromatic N) is 1. The van der Waals surface area contributed by atoms with Gasteiger partial charge in [-0.15, -0.1) is 0 Å². The maximum absolute atomic E-state index is 12.9. The lowest BCUT2D eigenvalue weighted by molar-refractivity contribution is 0.172. The Morgan fingerprint density at radius 2 is 1.84 bits per heavy atom. The predicted octanol–water partition coefficient (Wildman–Crippen LogP) is 3.02. The van der Waals surface area contributed by atoms with Gasteiger partial charge in [0.1, 0.15) is 13.2 Å². The third-order valence-corrected chi connectivity index (χ3v) is 5.12. The Balaban J connectivity index is 1.59. The van der Waals surface area contributed by atoms with Crippen LogP contribution in [0.25, 0.3) is 10.9 Å². The van der Waals surface area contributed by atoms with Crippen molar-refractivity contribution >= 4 is 22.6 Å². The summed E-state index contributed by atoms with van der Waals surface area (Å²) >= 11 is 0. The van der Waals surface area contributed by atoms with Crippen LogP contribution in [-0.2, 0) is 6.54 Å². The molecule has 1 aliphatic rings. The summed E-state index contributed by atoms with van der Waals surface area (Å²) in [5.74, 6) is 1.23. The molecule has 0 saturated heterocycles. The van der Waals surface area contributed by atoms with Crippen LogP contribution < -0.4 is 20.3 Å². The number of aromatic amines is 1. The fourth-order valence-corrected chi connectivity index (χ4v) is 3.46. The third-order valence-electron chi connectivity index (χ3n) is 5.12. The molecule has 3 N–H and O–H groups in total. The number of hydrogen-bond donors (Lipinski definition) is 3. The van der Waals surface area contributed by atoms with Crippen LogP contribution >= 0.6 is 0 Å². The Morgan fingerprint density at radius 1 is 1.13 bits per heavy atom. The molecular formula is C23H25N3O5. The summed E-state index contributed by atoms with van der Waals surface area (Å²) in [5, 5.41) is 12.9. The van der Waals surface area contributed by atoms with Crippen LogP contribution in [-0.4, -0.2) is 47.4 Å². The largest absolute Gasteiger partial charge is 0.486 e. The number of aliphatic hydroxyl groups excluding tert-OH is 1. The molecule has 162 valence electrons. The molecule has 0 spiro atoms. The van der Waals surface area contributed by atoms with Crippen molar-refractivity contribution < 1.29 is 19.4 Å². The number of amides is 2. The molecule has 31 heavy (non-hydrogen) atoms. The van der Waals surface area contributed by atoms with Crippen molar-refractivity contribution in [1.82, 2.24) is 9.88 Å². The van der Waals surface area contributed by atoms with Gasteiger partial charge in [0, 0.05) is 35.9 Å². The quantitative estimate of drug-likeness (QED) is 0.565. The zero-order valence-corrected chi connectivity index (χ0v) is 17.3. The average molecular weight is 423 g/mol. The zero-order chi connectivity index (χ0) is 21.8. The Kier molecular flexibility index (Phi) is 6.08. The normalized spacial score (nSPS) is 12.6. The molecule has 8 nitrogen and oxygen atoms in total. The van der Waals surface area contributed by atoms with E-state index < -0.39 is 0 Å². The Morgan fingerprint density at radius 3 is 2.55 bits per heavy atom. The van der Waals surface area contributed by atoms with Crippen LogP contribution in [0.1, 0.15) is 17.5 Å². The van der Waals surface area contributed by atoms with Crippen LogP contribution in [0, 0.1) is 6.92 Å². The minimum absolute atomic E-state index is 0.0497. The molecule has 2 heterocycles. The van der Waals surface area contributed by atoms with E-state index in [4.69, 9.17) is 9.47 Å². The van der Waals surface area contributed by atoms with Crippen LogP contribution in [0.3, 0.4) is 0 Å². The first-order chi connectivity index (χ1) is 15.0. The second kappa shape index (κ2) is 9.09. The van der Waals surface area contributed by atoms with Gasteiger partial charge in [0.05, 0.1) is 12.1 Å². The predicted molar refractivity (Wildman–Crippen MR) is 118 cm³/mol. The van der Waals surface area contributed by atoms with Crippen molar-refractivity contribution in [3.05, 3.63) is 63.9 Å². The third kappa shape index (κ3) is 4.80. The van der Waals surface area contributed by atoms with Crippen molar-refractivity contribution in [3.8, 4) is 11.5 Å². The number of nitrogens with one attached hydrogen (secondary N) is 2. The van der Waals surface area contributed by atoms with Crippen LogP contribution in [0.5, 0.6) is 11.5 Å². The number of H-pyrrole nitrogens is 1. The highest BCUT2D eigenvalue weighted by Crippen LogP contribution is 2.33. The van der Waals surface area contributed by atoms with E-state index >= 15 is 0 Å². The first kappa shape index (κ1) is 20.7. The van der Waals surface area contributed by atoms with Crippen molar-refractivity contribution in [2.45, 2.75) is 19.9 Å². The Labute approximate surface area is 179 Å². The van der Waals surface area contributed by atoms with Gasteiger partial charge in [-0.05, 0) is 37.6 Å². The smallest absolute Gasteiger partial charge is 0.322 e. The monoisotopic (exact) mass is 423 g/mol. The highest BCUT2D eigenvalue weighted by atomic mass is 16.6. The molecule has 0 aliphatic carbocycles. The molecule has 0 radical (unpaired) electrons. The summed E-state index contributed by atoms with van der Waals surface area (Å²) in [6, 6.07) is 12.5. The van der Waals surface area contributed by atoms with E-state index in [0.29, 0.717) is 54.4 Å². The number of fused-ring (bicyclic) bond motifs is 2. The maximum Gasteiger partial charge on any atom is 0.322 e. The van der Waals surface area contributed by atoms with Crippen LogP contribution in [0.4, 0.5) is 10.5 Å². The molecule has 0 unspecified atom stereocenters. The number of pyridine rings is 1. The number of aromatic nitrogens is 1. The van der Waals surface area contributed by atoms with Gasteiger partial charge in [0.25, 0.3) is 5.56 Å². The molecule has 3 aromatic rings. The number of carbonyl (C=O) groups is 1. The van der Waals surface area contributed by atoms with Crippen molar-refractivity contribution in [2.24, 2.45) is 0 Å². The SMILES string of the molecule is Cc1ccc(NC(=O)N(CCCO)Cc2cc3cc4c(cc3[nH]c2=O)OCCO4)cc1. The van der Waals surface area contributed by atoms with Gasteiger partial charge >= 0.3 is 6.03 Å². The van der Waals surface area contributed by atoms with E-state index in [1.54, 1.807) is 12.1 Å². The number of hydrogen-bond acceptors (Lipinski definition) is 5. The number of anilines is 1. The van der Waals surface area contributed by atoms with E-state index in [-0.39, 0.29) is 24.7 Å². The lowest BCUT2D eigenvalue weighted by Crippen LogP contribution is -2.37. The second-order valence-corrected chi connectivity index (χ2v) is 7.50. The summed E-state index contributed by atoms with van der Waals surface area (Å²) in [4.78, 5) is 29.9. The lowest BCUT2D eigenvalue weighted by Gasteiger charge is -2.23. The summed E-state index contributed by atoms with van der Waals surface area (Å²) in [6.07, 6.45) is 0.408. The number of ether oxygens (including phenoxy) is 2. The zero-order valence-electron chi connectivity index (χ0n) is 17.3. The molecule has 4 rings (SSSR count). The van der Waals surface area contributed by atoms with Gasteiger partial charge in [-0.25, -0.2) is 4.79 Å². The molecular weight excluding hydrogens is 398 g/mol. The molecule has 0 fully saturated rings. The van der Waals surface area contributed by atoms with E-state index in [1.165, 1.54) is 4.90 Å². The fourth-order valence-electron chi connectivity index (χ4n) is 3.46. The first-order valence-electron chi connectivity index (χ1n) is 10.2. The number of urea groups is 1. The van der Waals surface area contributed by atoms with Gasteiger partial charge in [0.2, 0.25) is 0 Å². The van der Waals surface area contributed by atoms with Crippen molar-refractivity contribution in [2.75, 3.05) is 31.7 Å². The molecule has 0 bridgehead atoms. The topological polar surface area (TPSA) is 104 Å². The molecule has 2 aromatic carbocycles. The molecule has 1 aromatic heterocycles. The molecule has 0 atom stereocenters. The van der Waals surface area contributed by atoms with Crippen molar-refractivity contribution in [3.63, 3.8) is 0 Å². The second-order valence-electron chi connectivity index (χ2n) is 7.50. The lowest BCUT2D eigenvalue weighted by atomic mass is 10.1. The first-order valence-corrected chi connectivity index (χ1v) is 10.2. The summed E-state index contributed by atoms with van der Waals surface area (Å²) in [7, 11) is 0. The van der Waals surface area contributed by atoms with Gasteiger partial charge in [0.15, 0.2) is 11.5 Å². The van der Waals surface area contributed by atoms with Crippen LogP contribution in [0.15, 0.2) is 47.3 Å². The van der Waals surface area contributed by atoms with E-state index in [2.05, 4.69) is 10.3 Å². The van der Waals surface area contributed by atoms with Gasteiger partial charge < -0.3 is 29.8 Å². The van der Waals surface area contributed by atoms with Gasteiger partial charge in [-0.2, -0.15) is 0 Å². The van der Waals surface area contributed by atoms with Crippen molar-refractivity contribution in [1.29, 1.82) is 0 Å². The number of aryl methyl sites for hydroxylation is 1. The maximum atomic E-state index is 12.9. The van der Waals surface area contributed by atoms with Crippen LogP contribution in [0.2, 0.25) is 0 Å². The standard InChI is InChI=1S/C23H25N3O5/c1-15-3-5-18(6-4-15)24-23(29)26(7-2-8-27)14-17-11-16-12-20-21(31-10-9-30-20)13-19(16)25-22(17)28/h3-6,11-13,27H,2,7-10,14H2,1H3,(H,24,29)(H,25,28). The Hall–Kier alpha value is -3.52. The molecule has 0 saturated carbocycles. The van der Waals surface area contributed by atoms with Gasteiger partial charge in [-0.3, -0.25) is 4.79 Å². The Bertz CT molecular complexity index is 1140. The van der Waals surface area contributed by atoms with E-state index in [0.717, 1.165) is 10.9 Å². The molecule has 2 amide bonds. The fraction of sp³-hybridized carbons (Fsp3) is 0.304. The minimum Gasteiger partial charge on any atom is -0.486 e.